The molecule has 2 aromatic rings. The summed E-state index contributed by atoms with van der Waals surface area (Å²) in [5, 5.41) is 3.87. The lowest BCUT2D eigenvalue weighted by Crippen LogP contribution is -1.99. The largest absolute Gasteiger partial charge is 0.483 e. The lowest BCUT2D eigenvalue weighted by atomic mass is 10.1. The van der Waals surface area contributed by atoms with Crippen molar-refractivity contribution in [3.63, 3.8) is 0 Å². The van der Waals surface area contributed by atoms with Crippen LogP contribution in [0.3, 0.4) is 0 Å². The van der Waals surface area contributed by atoms with E-state index < -0.39 is 0 Å². The number of aromatic nitrogens is 2. The lowest BCUT2D eigenvalue weighted by Gasteiger charge is -2.05. The Morgan fingerprint density at radius 3 is 2.89 bits per heavy atom. The van der Waals surface area contributed by atoms with Crippen LogP contribution in [-0.4, -0.2) is 10.1 Å². The van der Waals surface area contributed by atoms with Gasteiger partial charge in [-0.25, -0.2) is 4.39 Å². The summed E-state index contributed by atoms with van der Waals surface area (Å²) in [6.07, 6.45) is 0.768. The van der Waals surface area contributed by atoms with E-state index in [1.54, 1.807) is 6.07 Å². The Balaban J connectivity index is 1.96. The molecule has 0 N–H and O–H groups in total. The second-order valence-corrected chi connectivity index (χ2v) is 5.42. The highest BCUT2D eigenvalue weighted by Crippen LogP contribution is 2.26. The normalized spacial score (nSPS) is 11.0. The van der Waals surface area contributed by atoms with Gasteiger partial charge in [0.25, 0.3) is 5.89 Å². The molecule has 2 rings (SSSR count). The van der Waals surface area contributed by atoms with Gasteiger partial charge in [-0.2, -0.15) is 4.98 Å². The first-order chi connectivity index (χ1) is 9.04. The summed E-state index contributed by atoms with van der Waals surface area (Å²) in [4.78, 5) is 4.22. The molecule has 0 amide bonds. The molecule has 0 fully saturated rings. The van der Waals surface area contributed by atoms with E-state index in [0.717, 1.165) is 6.42 Å². The first-order valence-electron chi connectivity index (χ1n) is 5.94. The van der Waals surface area contributed by atoms with E-state index >= 15 is 0 Å². The topological polar surface area (TPSA) is 48.2 Å². The van der Waals surface area contributed by atoms with E-state index in [2.05, 4.69) is 39.9 Å². The molecule has 0 aliphatic heterocycles. The van der Waals surface area contributed by atoms with Crippen LogP contribution in [-0.2, 0) is 13.0 Å². The van der Waals surface area contributed by atoms with Crippen molar-refractivity contribution < 1.29 is 13.7 Å². The Labute approximate surface area is 119 Å². The molecule has 1 heterocycles. The highest BCUT2D eigenvalue weighted by molar-refractivity contribution is 9.10. The molecule has 102 valence electrons. The summed E-state index contributed by atoms with van der Waals surface area (Å²) >= 11 is 3.23. The molecule has 0 unspecified atom stereocenters. The number of halogens is 2. The standard InChI is InChI=1S/C13H14BrFN2O2/c1-8(2)5-12-16-13(19-17-12)7-18-11-4-3-9(15)6-10(11)14/h3-4,6,8H,5,7H2,1-2H3. The van der Waals surface area contributed by atoms with Gasteiger partial charge in [0.2, 0.25) is 0 Å². The Kier molecular flexibility index (Phi) is 4.52. The smallest absolute Gasteiger partial charge is 0.264 e. The van der Waals surface area contributed by atoms with Gasteiger partial charge in [-0.3, -0.25) is 0 Å². The Bertz CT molecular complexity index is 557. The van der Waals surface area contributed by atoms with Crippen LogP contribution in [0.1, 0.15) is 25.6 Å². The van der Waals surface area contributed by atoms with Crippen molar-refractivity contribution in [1.82, 2.24) is 10.1 Å². The van der Waals surface area contributed by atoms with Gasteiger partial charge >= 0.3 is 0 Å². The van der Waals surface area contributed by atoms with Crippen LogP contribution in [0.5, 0.6) is 5.75 Å². The highest BCUT2D eigenvalue weighted by atomic mass is 79.9. The van der Waals surface area contributed by atoms with Crippen molar-refractivity contribution in [3.8, 4) is 5.75 Å². The molecule has 1 aromatic carbocycles. The summed E-state index contributed by atoms with van der Waals surface area (Å²) in [5.74, 6) is 1.76. The Hall–Kier alpha value is -1.43. The van der Waals surface area contributed by atoms with E-state index in [9.17, 15) is 4.39 Å². The van der Waals surface area contributed by atoms with Crippen molar-refractivity contribution in [2.24, 2.45) is 5.92 Å². The monoisotopic (exact) mass is 328 g/mol. The van der Waals surface area contributed by atoms with Gasteiger partial charge in [0.05, 0.1) is 4.47 Å². The van der Waals surface area contributed by atoms with Gasteiger partial charge in [0.15, 0.2) is 12.4 Å². The van der Waals surface area contributed by atoms with Crippen LogP contribution in [0.25, 0.3) is 0 Å². The summed E-state index contributed by atoms with van der Waals surface area (Å²) in [6.45, 7) is 4.33. The van der Waals surface area contributed by atoms with Crippen molar-refractivity contribution in [2.75, 3.05) is 0 Å². The third-order valence-corrected chi connectivity index (χ3v) is 2.97. The van der Waals surface area contributed by atoms with Crippen LogP contribution >= 0.6 is 15.9 Å². The van der Waals surface area contributed by atoms with Gasteiger partial charge in [0, 0.05) is 6.42 Å². The van der Waals surface area contributed by atoms with Crippen molar-refractivity contribution in [1.29, 1.82) is 0 Å². The molecule has 0 spiro atoms. The molecular weight excluding hydrogens is 315 g/mol. The summed E-state index contributed by atoms with van der Waals surface area (Å²) in [6, 6.07) is 4.22. The number of rotatable bonds is 5. The number of benzene rings is 1. The van der Waals surface area contributed by atoms with E-state index in [-0.39, 0.29) is 12.4 Å². The van der Waals surface area contributed by atoms with E-state index in [4.69, 9.17) is 9.26 Å². The molecule has 0 radical (unpaired) electrons. The summed E-state index contributed by atoms with van der Waals surface area (Å²) in [5.41, 5.74) is 0. The van der Waals surface area contributed by atoms with Gasteiger partial charge in [-0.05, 0) is 40.0 Å². The molecule has 0 saturated heterocycles. The number of ether oxygens (including phenoxy) is 1. The van der Waals surface area contributed by atoms with Crippen LogP contribution in [0.2, 0.25) is 0 Å². The molecule has 1 aromatic heterocycles. The van der Waals surface area contributed by atoms with Gasteiger partial charge < -0.3 is 9.26 Å². The van der Waals surface area contributed by atoms with Crippen molar-refractivity contribution in [2.45, 2.75) is 26.9 Å². The lowest BCUT2D eigenvalue weighted by molar-refractivity contribution is 0.241. The Morgan fingerprint density at radius 1 is 1.42 bits per heavy atom. The zero-order valence-corrected chi connectivity index (χ0v) is 12.3. The fourth-order valence-corrected chi connectivity index (χ4v) is 1.99. The predicted octanol–water partition coefficient (Wildman–Crippen LogP) is 3.75. The second-order valence-electron chi connectivity index (χ2n) is 4.57. The van der Waals surface area contributed by atoms with E-state index in [1.165, 1.54) is 12.1 Å². The average molecular weight is 329 g/mol. The minimum absolute atomic E-state index is 0.162. The van der Waals surface area contributed by atoms with Crippen molar-refractivity contribution >= 4 is 15.9 Å². The molecule has 6 heteroatoms. The zero-order valence-electron chi connectivity index (χ0n) is 10.7. The molecule has 4 nitrogen and oxygen atoms in total. The summed E-state index contributed by atoms with van der Waals surface area (Å²) in [7, 11) is 0. The molecule has 0 saturated carbocycles. The maximum atomic E-state index is 12.9. The summed E-state index contributed by atoms with van der Waals surface area (Å²) < 4.78 is 24.0. The molecular formula is C13H14BrFN2O2. The zero-order chi connectivity index (χ0) is 13.8. The quantitative estimate of drug-likeness (QED) is 0.838. The van der Waals surface area contributed by atoms with Crippen LogP contribution < -0.4 is 4.74 Å². The minimum atomic E-state index is -0.323. The van der Waals surface area contributed by atoms with E-state index in [1.807, 2.05) is 0 Å². The molecule has 0 aliphatic carbocycles. The van der Waals surface area contributed by atoms with Crippen LogP contribution in [0, 0.1) is 11.7 Å². The van der Waals surface area contributed by atoms with E-state index in [0.29, 0.717) is 27.9 Å². The highest BCUT2D eigenvalue weighted by Gasteiger charge is 2.10. The molecule has 0 bridgehead atoms. The van der Waals surface area contributed by atoms with Gasteiger partial charge in [-0.15, -0.1) is 0 Å². The molecule has 0 aliphatic rings. The van der Waals surface area contributed by atoms with Gasteiger partial charge in [-0.1, -0.05) is 19.0 Å². The van der Waals surface area contributed by atoms with Crippen LogP contribution in [0.4, 0.5) is 4.39 Å². The third kappa shape index (κ3) is 4.02. The van der Waals surface area contributed by atoms with Crippen molar-refractivity contribution in [3.05, 3.63) is 40.2 Å². The maximum Gasteiger partial charge on any atom is 0.264 e. The third-order valence-electron chi connectivity index (χ3n) is 2.35. The second kappa shape index (κ2) is 6.14. The fourth-order valence-electron chi connectivity index (χ4n) is 1.53. The Morgan fingerprint density at radius 2 is 2.21 bits per heavy atom. The number of nitrogens with zero attached hydrogens (tertiary/aromatic N) is 2. The van der Waals surface area contributed by atoms with Gasteiger partial charge in [0.1, 0.15) is 11.6 Å². The van der Waals surface area contributed by atoms with Crippen LogP contribution in [0.15, 0.2) is 27.2 Å². The molecule has 19 heavy (non-hydrogen) atoms. The predicted molar refractivity (Wildman–Crippen MR) is 71.3 cm³/mol. The number of hydrogen-bond acceptors (Lipinski definition) is 4. The average Bonchev–Trinajstić information content (AvgIpc) is 2.74. The number of hydrogen-bond donors (Lipinski definition) is 0. The SMILES string of the molecule is CC(C)Cc1noc(COc2ccc(F)cc2Br)n1. The first kappa shape index (κ1) is 14.0. The fraction of sp³-hybridized carbons (Fsp3) is 0.385. The minimum Gasteiger partial charge on any atom is -0.483 e. The molecule has 0 atom stereocenters. The maximum absolute atomic E-state index is 12.9. The first-order valence-corrected chi connectivity index (χ1v) is 6.73.